The third kappa shape index (κ3) is 2.47. The van der Waals surface area contributed by atoms with Gasteiger partial charge in [0, 0.05) is 22.5 Å². The normalized spacial score (nSPS) is 11.2. The molecule has 106 valence electrons. The average Bonchev–Trinajstić information content (AvgIpc) is 2.47. The van der Waals surface area contributed by atoms with Crippen LogP contribution in [-0.2, 0) is 0 Å². The van der Waals surface area contributed by atoms with Gasteiger partial charge in [0.1, 0.15) is 0 Å². The summed E-state index contributed by atoms with van der Waals surface area (Å²) >= 11 is 6.16. The Morgan fingerprint density at radius 2 is 1.71 bits per heavy atom. The topological polar surface area (TPSA) is 22.0 Å². The van der Waals surface area contributed by atoms with E-state index in [9.17, 15) is 4.79 Å². The number of fused-ring (bicyclic) bond motifs is 1. The lowest BCUT2D eigenvalue weighted by Crippen LogP contribution is -2.21. The SMILES string of the molecule is CC(C)n1c(=O)cc(-c2ccccc2)c2cc(Cl)ccc21. The number of halogens is 1. The molecule has 0 saturated heterocycles. The Kier molecular flexibility index (Phi) is 3.56. The number of hydrogen-bond acceptors (Lipinski definition) is 1. The molecule has 3 heteroatoms. The molecule has 3 rings (SSSR count). The molecule has 0 radical (unpaired) electrons. The summed E-state index contributed by atoms with van der Waals surface area (Å²) in [5.41, 5.74) is 2.88. The second kappa shape index (κ2) is 5.38. The molecule has 0 amide bonds. The fraction of sp³-hybridized carbons (Fsp3) is 0.167. The lowest BCUT2D eigenvalue weighted by atomic mass is 10.0. The number of rotatable bonds is 2. The van der Waals surface area contributed by atoms with Crippen LogP contribution in [0, 0.1) is 0 Å². The summed E-state index contributed by atoms with van der Waals surface area (Å²) < 4.78 is 1.80. The van der Waals surface area contributed by atoms with E-state index in [1.54, 1.807) is 10.6 Å². The maximum atomic E-state index is 12.5. The minimum Gasteiger partial charge on any atom is -0.306 e. The molecule has 0 atom stereocenters. The van der Waals surface area contributed by atoms with E-state index < -0.39 is 0 Å². The standard InChI is InChI=1S/C18H16ClNO/c1-12(2)20-17-9-8-14(19)10-16(17)15(11-18(20)21)13-6-4-3-5-7-13/h3-12H,1-2H3. The maximum Gasteiger partial charge on any atom is 0.251 e. The molecule has 2 aromatic carbocycles. The Morgan fingerprint density at radius 1 is 1.00 bits per heavy atom. The summed E-state index contributed by atoms with van der Waals surface area (Å²) in [4.78, 5) is 12.5. The Bertz CT molecular complexity index is 850. The van der Waals surface area contributed by atoms with Gasteiger partial charge in [0.05, 0.1) is 5.52 Å². The van der Waals surface area contributed by atoms with Crippen LogP contribution in [0.4, 0.5) is 0 Å². The zero-order valence-corrected chi connectivity index (χ0v) is 12.8. The Hall–Kier alpha value is -2.06. The van der Waals surface area contributed by atoms with Crippen molar-refractivity contribution in [1.29, 1.82) is 0 Å². The molecule has 0 aliphatic heterocycles. The van der Waals surface area contributed by atoms with E-state index in [1.807, 2.05) is 62.4 Å². The molecule has 0 N–H and O–H groups in total. The molecule has 3 aromatic rings. The van der Waals surface area contributed by atoms with E-state index in [0.717, 1.165) is 22.0 Å². The molecular formula is C18H16ClNO. The molecule has 0 spiro atoms. The van der Waals surface area contributed by atoms with E-state index in [4.69, 9.17) is 11.6 Å². The second-order valence-electron chi connectivity index (χ2n) is 5.39. The van der Waals surface area contributed by atoms with Crippen LogP contribution in [0.15, 0.2) is 59.4 Å². The molecule has 0 bridgehead atoms. The van der Waals surface area contributed by atoms with Gasteiger partial charge >= 0.3 is 0 Å². The molecule has 0 saturated carbocycles. The van der Waals surface area contributed by atoms with Crippen LogP contribution in [0.1, 0.15) is 19.9 Å². The largest absolute Gasteiger partial charge is 0.306 e. The lowest BCUT2D eigenvalue weighted by Gasteiger charge is -2.16. The Morgan fingerprint density at radius 3 is 2.38 bits per heavy atom. The van der Waals surface area contributed by atoms with Crippen LogP contribution in [0.2, 0.25) is 5.02 Å². The predicted molar refractivity (Wildman–Crippen MR) is 89.0 cm³/mol. The van der Waals surface area contributed by atoms with Gasteiger partial charge in [0.15, 0.2) is 0 Å². The molecule has 0 aliphatic carbocycles. The predicted octanol–water partition coefficient (Wildman–Crippen LogP) is 4.90. The van der Waals surface area contributed by atoms with Crippen molar-refractivity contribution in [2.75, 3.05) is 0 Å². The third-order valence-electron chi connectivity index (χ3n) is 3.61. The quantitative estimate of drug-likeness (QED) is 0.659. The van der Waals surface area contributed by atoms with Gasteiger partial charge in [-0.25, -0.2) is 0 Å². The fourth-order valence-electron chi connectivity index (χ4n) is 2.71. The van der Waals surface area contributed by atoms with E-state index in [1.165, 1.54) is 0 Å². The van der Waals surface area contributed by atoms with E-state index >= 15 is 0 Å². The molecule has 0 unspecified atom stereocenters. The summed E-state index contributed by atoms with van der Waals surface area (Å²) in [6.45, 7) is 4.02. The van der Waals surface area contributed by atoms with Crippen LogP contribution in [-0.4, -0.2) is 4.57 Å². The van der Waals surface area contributed by atoms with Crippen molar-refractivity contribution in [2.45, 2.75) is 19.9 Å². The van der Waals surface area contributed by atoms with Crippen molar-refractivity contribution in [1.82, 2.24) is 4.57 Å². The minimum absolute atomic E-state index is 0.0127. The summed E-state index contributed by atoms with van der Waals surface area (Å²) in [5, 5.41) is 1.68. The second-order valence-corrected chi connectivity index (χ2v) is 5.82. The first-order valence-corrected chi connectivity index (χ1v) is 7.36. The molecular weight excluding hydrogens is 282 g/mol. The number of aromatic nitrogens is 1. The Labute approximate surface area is 128 Å². The number of nitrogens with zero attached hydrogens (tertiary/aromatic N) is 1. The first kappa shape index (κ1) is 13.9. The van der Waals surface area contributed by atoms with Crippen molar-refractivity contribution in [3.05, 3.63) is 70.0 Å². The zero-order valence-electron chi connectivity index (χ0n) is 12.0. The van der Waals surface area contributed by atoms with Crippen LogP contribution in [0.5, 0.6) is 0 Å². The summed E-state index contributed by atoms with van der Waals surface area (Å²) in [6, 6.07) is 17.4. The van der Waals surface area contributed by atoms with Gasteiger partial charge in [-0.15, -0.1) is 0 Å². The number of hydrogen-bond donors (Lipinski definition) is 0. The molecule has 0 fully saturated rings. The van der Waals surface area contributed by atoms with Gasteiger partial charge in [-0.3, -0.25) is 4.79 Å². The highest BCUT2D eigenvalue weighted by Crippen LogP contribution is 2.30. The van der Waals surface area contributed by atoms with Gasteiger partial charge in [0.25, 0.3) is 5.56 Å². The zero-order chi connectivity index (χ0) is 15.0. The van der Waals surface area contributed by atoms with Gasteiger partial charge < -0.3 is 4.57 Å². The Balaban J connectivity index is 2.44. The molecule has 21 heavy (non-hydrogen) atoms. The average molecular weight is 298 g/mol. The monoisotopic (exact) mass is 297 g/mol. The van der Waals surface area contributed by atoms with Crippen molar-refractivity contribution in [3.63, 3.8) is 0 Å². The number of pyridine rings is 1. The van der Waals surface area contributed by atoms with Crippen LogP contribution < -0.4 is 5.56 Å². The van der Waals surface area contributed by atoms with Crippen LogP contribution in [0.3, 0.4) is 0 Å². The summed E-state index contributed by atoms with van der Waals surface area (Å²) in [5.74, 6) is 0. The highest BCUT2D eigenvalue weighted by molar-refractivity contribution is 6.31. The van der Waals surface area contributed by atoms with E-state index in [-0.39, 0.29) is 11.6 Å². The first-order chi connectivity index (χ1) is 10.1. The molecule has 2 nitrogen and oxygen atoms in total. The maximum absolute atomic E-state index is 12.5. The molecule has 1 aromatic heterocycles. The van der Waals surface area contributed by atoms with Gasteiger partial charge in [-0.2, -0.15) is 0 Å². The van der Waals surface area contributed by atoms with E-state index in [2.05, 4.69) is 0 Å². The molecule has 1 heterocycles. The summed E-state index contributed by atoms with van der Waals surface area (Å²) in [6.07, 6.45) is 0. The van der Waals surface area contributed by atoms with Crippen LogP contribution >= 0.6 is 11.6 Å². The smallest absolute Gasteiger partial charge is 0.251 e. The summed E-state index contributed by atoms with van der Waals surface area (Å²) in [7, 11) is 0. The lowest BCUT2D eigenvalue weighted by molar-refractivity contribution is 0.601. The van der Waals surface area contributed by atoms with Gasteiger partial charge in [-0.1, -0.05) is 41.9 Å². The fourth-order valence-corrected chi connectivity index (χ4v) is 2.88. The molecule has 0 aliphatic rings. The minimum atomic E-state index is 0.0127. The van der Waals surface area contributed by atoms with Crippen molar-refractivity contribution in [3.8, 4) is 11.1 Å². The highest BCUT2D eigenvalue weighted by atomic mass is 35.5. The van der Waals surface area contributed by atoms with Crippen molar-refractivity contribution < 1.29 is 0 Å². The van der Waals surface area contributed by atoms with Crippen molar-refractivity contribution >= 4 is 22.5 Å². The van der Waals surface area contributed by atoms with Crippen molar-refractivity contribution in [2.24, 2.45) is 0 Å². The van der Waals surface area contributed by atoms with Gasteiger partial charge in [0.2, 0.25) is 0 Å². The first-order valence-electron chi connectivity index (χ1n) is 6.98. The number of benzene rings is 2. The van der Waals surface area contributed by atoms with Crippen LogP contribution in [0.25, 0.3) is 22.0 Å². The highest BCUT2D eigenvalue weighted by Gasteiger charge is 2.12. The van der Waals surface area contributed by atoms with E-state index in [0.29, 0.717) is 5.02 Å². The van der Waals surface area contributed by atoms with Gasteiger partial charge in [-0.05, 0) is 43.2 Å². The third-order valence-corrected chi connectivity index (χ3v) is 3.85.